The maximum Gasteiger partial charge on any atom is 0.312 e. The van der Waals surface area contributed by atoms with Gasteiger partial charge in [-0.2, -0.15) is 0 Å². The minimum atomic E-state index is -0.847. The van der Waals surface area contributed by atoms with Gasteiger partial charge in [-0.05, 0) is 30.5 Å². The van der Waals surface area contributed by atoms with E-state index in [4.69, 9.17) is 0 Å². The Bertz CT molecular complexity index is 1110. The van der Waals surface area contributed by atoms with E-state index in [1.807, 2.05) is 0 Å². The van der Waals surface area contributed by atoms with Gasteiger partial charge < -0.3 is 20.2 Å². The Morgan fingerprint density at radius 1 is 1.25 bits per heavy atom. The van der Waals surface area contributed by atoms with Gasteiger partial charge in [-0.25, -0.2) is 9.37 Å². The van der Waals surface area contributed by atoms with Gasteiger partial charge in [-0.1, -0.05) is 12.1 Å². The van der Waals surface area contributed by atoms with Crippen LogP contribution < -0.4 is 10.9 Å². The lowest BCUT2D eigenvalue weighted by molar-refractivity contribution is -0.151. The van der Waals surface area contributed by atoms with Gasteiger partial charge in [0.15, 0.2) is 5.69 Å². The first-order chi connectivity index (χ1) is 15.1. The van der Waals surface area contributed by atoms with Gasteiger partial charge in [0.05, 0.1) is 6.04 Å². The summed E-state index contributed by atoms with van der Waals surface area (Å²) in [4.78, 5) is 56.7. The highest BCUT2D eigenvalue weighted by Crippen LogP contribution is 2.31. The zero-order valence-corrected chi connectivity index (χ0v) is 18.0. The lowest BCUT2D eigenvalue weighted by Gasteiger charge is -2.26. The van der Waals surface area contributed by atoms with E-state index in [9.17, 15) is 28.7 Å². The van der Waals surface area contributed by atoms with Gasteiger partial charge in [0.1, 0.15) is 11.6 Å². The smallest absolute Gasteiger partial charge is 0.312 e. The number of hydrogen-bond acceptors (Lipinski definition) is 6. The van der Waals surface area contributed by atoms with Gasteiger partial charge in [0, 0.05) is 34.2 Å². The van der Waals surface area contributed by atoms with Gasteiger partial charge in [-0.15, -0.1) is 0 Å². The van der Waals surface area contributed by atoms with Crippen LogP contribution in [0, 0.1) is 5.82 Å². The van der Waals surface area contributed by atoms with Crippen molar-refractivity contribution in [3.05, 3.63) is 57.5 Å². The highest BCUT2D eigenvalue weighted by Gasteiger charge is 2.37. The average Bonchev–Trinajstić information content (AvgIpc) is 3.25. The molecule has 1 unspecified atom stereocenters. The minimum Gasteiger partial charge on any atom is -0.501 e. The van der Waals surface area contributed by atoms with Gasteiger partial charge >= 0.3 is 11.8 Å². The number of benzene rings is 1. The molecule has 0 aliphatic carbocycles. The summed E-state index contributed by atoms with van der Waals surface area (Å²) < 4.78 is 14.1. The molecule has 1 saturated heterocycles. The Morgan fingerprint density at radius 3 is 2.53 bits per heavy atom. The molecule has 32 heavy (non-hydrogen) atoms. The number of nitrogens with one attached hydrogen (secondary N) is 1. The van der Waals surface area contributed by atoms with Crippen LogP contribution in [0.3, 0.4) is 0 Å². The molecule has 2 heterocycles. The molecule has 1 atom stereocenters. The van der Waals surface area contributed by atoms with Gasteiger partial charge in [0.25, 0.3) is 11.5 Å². The highest BCUT2D eigenvalue weighted by atomic mass is 19.1. The summed E-state index contributed by atoms with van der Waals surface area (Å²) in [5.74, 6) is -3.39. The second kappa shape index (κ2) is 9.16. The Balaban J connectivity index is 1.90. The molecule has 3 amide bonds. The van der Waals surface area contributed by atoms with Crippen molar-refractivity contribution in [2.75, 3.05) is 20.6 Å². The van der Waals surface area contributed by atoms with Crippen LogP contribution in [0.5, 0.6) is 5.75 Å². The fraction of sp³-hybridized carbons (Fsp3) is 0.381. The number of carbonyl (C=O) groups is 3. The van der Waals surface area contributed by atoms with E-state index in [0.717, 1.165) is 9.47 Å². The van der Waals surface area contributed by atoms with E-state index in [0.29, 0.717) is 24.9 Å². The molecule has 11 heteroatoms. The molecular formula is C21H24FN5O5. The van der Waals surface area contributed by atoms with E-state index in [1.165, 1.54) is 50.3 Å². The fourth-order valence-electron chi connectivity index (χ4n) is 3.52. The number of halogens is 1. The van der Waals surface area contributed by atoms with Crippen molar-refractivity contribution in [3.8, 4) is 5.75 Å². The lowest BCUT2D eigenvalue weighted by Crippen LogP contribution is -2.43. The summed E-state index contributed by atoms with van der Waals surface area (Å²) >= 11 is 0. The monoisotopic (exact) mass is 445 g/mol. The van der Waals surface area contributed by atoms with Crippen molar-refractivity contribution in [1.29, 1.82) is 0 Å². The summed E-state index contributed by atoms with van der Waals surface area (Å²) in [7, 11) is 4.30. The van der Waals surface area contributed by atoms with Crippen molar-refractivity contribution in [1.82, 2.24) is 24.7 Å². The minimum absolute atomic E-state index is 0.0240. The van der Waals surface area contributed by atoms with Crippen LogP contribution in [0.1, 0.15) is 40.8 Å². The number of hydrogen-bond donors (Lipinski definition) is 2. The molecule has 1 fully saturated rings. The molecule has 1 aliphatic heterocycles. The van der Waals surface area contributed by atoms with Crippen LogP contribution in [0.4, 0.5) is 4.39 Å². The van der Waals surface area contributed by atoms with E-state index in [2.05, 4.69) is 10.3 Å². The molecule has 0 bridgehead atoms. The van der Waals surface area contributed by atoms with Crippen LogP contribution in [0.25, 0.3) is 0 Å². The normalized spacial score (nSPS) is 15.5. The zero-order chi connectivity index (χ0) is 23.6. The van der Waals surface area contributed by atoms with Crippen LogP contribution in [0.2, 0.25) is 0 Å². The number of amides is 3. The predicted molar refractivity (Wildman–Crippen MR) is 111 cm³/mol. The van der Waals surface area contributed by atoms with Crippen molar-refractivity contribution < 1.29 is 23.9 Å². The van der Waals surface area contributed by atoms with Crippen LogP contribution in [-0.2, 0) is 23.2 Å². The second-order valence-electron chi connectivity index (χ2n) is 7.70. The number of likely N-dealkylation sites (tertiary alicyclic amines) is 1. The maximum atomic E-state index is 13.0. The molecule has 0 saturated carbocycles. The molecule has 1 aromatic carbocycles. The molecule has 2 aromatic rings. The Morgan fingerprint density at radius 2 is 1.91 bits per heavy atom. The zero-order valence-electron chi connectivity index (χ0n) is 18.0. The first-order valence-electron chi connectivity index (χ1n) is 9.96. The quantitative estimate of drug-likeness (QED) is 0.653. The summed E-state index contributed by atoms with van der Waals surface area (Å²) in [5, 5.41) is 12.8. The topological polar surface area (TPSA) is 125 Å². The van der Waals surface area contributed by atoms with Gasteiger partial charge in [0.2, 0.25) is 5.75 Å². The number of aromatic hydroxyl groups is 1. The molecular weight excluding hydrogens is 421 g/mol. The Kier molecular flexibility index (Phi) is 6.56. The molecule has 0 spiro atoms. The van der Waals surface area contributed by atoms with E-state index >= 15 is 0 Å². The lowest BCUT2D eigenvalue weighted by atomic mass is 10.1. The second-order valence-corrected chi connectivity index (χ2v) is 7.70. The number of nitrogens with zero attached hydrogens (tertiary/aromatic N) is 4. The molecule has 3 rings (SSSR count). The predicted octanol–water partition coefficient (Wildman–Crippen LogP) is 0.307. The van der Waals surface area contributed by atoms with Crippen molar-refractivity contribution in [3.63, 3.8) is 0 Å². The molecule has 170 valence electrons. The molecule has 1 aliphatic rings. The van der Waals surface area contributed by atoms with Crippen LogP contribution >= 0.6 is 0 Å². The largest absolute Gasteiger partial charge is 0.501 e. The van der Waals surface area contributed by atoms with Gasteiger partial charge in [-0.3, -0.25) is 23.7 Å². The maximum absolute atomic E-state index is 13.0. The molecule has 10 nitrogen and oxygen atoms in total. The van der Waals surface area contributed by atoms with Crippen molar-refractivity contribution in [2.24, 2.45) is 7.05 Å². The third-order valence-corrected chi connectivity index (χ3v) is 5.28. The third kappa shape index (κ3) is 4.46. The first-order valence-corrected chi connectivity index (χ1v) is 9.96. The number of likely N-dealkylation sites (N-methyl/N-ethyl adjacent to an activating group) is 1. The summed E-state index contributed by atoms with van der Waals surface area (Å²) in [6.07, 6.45) is 1.02. The average molecular weight is 445 g/mol. The van der Waals surface area contributed by atoms with Crippen LogP contribution in [0.15, 0.2) is 29.1 Å². The van der Waals surface area contributed by atoms with Crippen molar-refractivity contribution in [2.45, 2.75) is 25.4 Å². The Hall–Kier alpha value is -3.76. The number of rotatable bonds is 4. The van der Waals surface area contributed by atoms with E-state index in [-0.39, 0.29) is 12.4 Å². The van der Waals surface area contributed by atoms with Crippen LogP contribution in [-0.4, -0.2) is 62.8 Å². The first kappa shape index (κ1) is 22.9. The molecule has 2 N–H and O–H groups in total. The highest BCUT2D eigenvalue weighted by molar-refractivity contribution is 6.34. The summed E-state index contributed by atoms with van der Waals surface area (Å²) in [6.45, 7) is 0.322. The molecule has 0 radical (unpaired) electrons. The Labute approximate surface area is 183 Å². The number of carbonyl (C=O) groups excluding carboxylic acids is 3. The third-order valence-electron chi connectivity index (χ3n) is 5.28. The summed E-state index contributed by atoms with van der Waals surface area (Å²) in [5.41, 5.74) is -0.721. The summed E-state index contributed by atoms with van der Waals surface area (Å²) in [6, 6.07) is 4.76. The molecule has 1 aromatic heterocycles. The van der Waals surface area contributed by atoms with Crippen molar-refractivity contribution >= 4 is 17.7 Å². The van der Waals surface area contributed by atoms with E-state index in [1.54, 1.807) is 0 Å². The SMILES string of the molecule is CN(C)C(=O)C(=O)N1CCCC1c1nc(C(=O)NCc2ccc(F)cc2)c(O)c(=O)n1C. The standard InChI is InChI=1S/C21H24FN5O5/c1-25(2)20(31)21(32)27-10-4-5-14(27)17-24-15(16(28)19(30)26(17)3)18(29)23-11-12-6-8-13(22)9-7-12/h6-9,14,28H,4-5,10-11H2,1-3H3,(H,23,29). The fourth-order valence-corrected chi connectivity index (χ4v) is 3.52. The van der Waals surface area contributed by atoms with E-state index < -0.39 is 46.6 Å². The number of aromatic nitrogens is 2.